The van der Waals surface area contributed by atoms with Crippen molar-refractivity contribution in [2.75, 3.05) is 25.6 Å². The Kier molecular flexibility index (Phi) is 6.58. The normalized spacial score (nSPS) is 12.7. The van der Waals surface area contributed by atoms with Crippen molar-refractivity contribution in [1.82, 2.24) is 5.32 Å². The smallest absolute Gasteiger partial charge is 0.00200 e. The van der Waals surface area contributed by atoms with Crippen LogP contribution in [0.2, 0.25) is 0 Å². The van der Waals surface area contributed by atoms with Crippen molar-refractivity contribution in [3.8, 4) is 0 Å². The molecule has 1 rings (SSSR count). The van der Waals surface area contributed by atoms with Crippen molar-refractivity contribution in [2.24, 2.45) is 5.92 Å². The van der Waals surface area contributed by atoms with E-state index in [0.717, 1.165) is 12.5 Å². The van der Waals surface area contributed by atoms with E-state index in [2.05, 4.69) is 42.8 Å². The summed E-state index contributed by atoms with van der Waals surface area (Å²) in [6.07, 6.45) is 4.68. The van der Waals surface area contributed by atoms with E-state index in [9.17, 15) is 0 Å². The number of hydrogen-bond acceptors (Lipinski definition) is 2. The van der Waals surface area contributed by atoms with Gasteiger partial charge in [-0.3, -0.25) is 0 Å². The highest BCUT2D eigenvalue weighted by Crippen LogP contribution is 2.14. The van der Waals surface area contributed by atoms with E-state index < -0.39 is 0 Å². The van der Waals surface area contributed by atoms with Gasteiger partial charge in [0.15, 0.2) is 0 Å². The van der Waals surface area contributed by atoms with Crippen molar-refractivity contribution >= 4 is 11.8 Å². The Morgan fingerprint density at radius 1 is 1.25 bits per heavy atom. The number of hydrogen-bond donors (Lipinski definition) is 1. The lowest BCUT2D eigenvalue weighted by atomic mass is 9.96. The third-order valence-corrected chi connectivity index (χ3v) is 3.51. The lowest BCUT2D eigenvalue weighted by Crippen LogP contribution is -2.21. The van der Waals surface area contributed by atoms with E-state index in [1.54, 1.807) is 0 Å². The van der Waals surface area contributed by atoms with Gasteiger partial charge in [-0.25, -0.2) is 0 Å². The Morgan fingerprint density at radius 2 is 1.94 bits per heavy atom. The van der Waals surface area contributed by atoms with Crippen LogP contribution >= 0.6 is 11.8 Å². The number of aryl methyl sites for hydroxylation is 1. The molecule has 0 aromatic heterocycles. The molecule has 0 amide bonds. The molecular weight excluding hydrogens is 214 g/mol. The maximum atomic E-state index is 3.30. The van der Waals surface area contributed by atoms with Crippen LogP contribution in [0.25, 0.3) is 0 Å². The van der Waals surface area contributed by atoms with Gasteiger partial charge in [-0.15, -0.1) is 0 Å². The summed E-state index contributed by atoms with van der Waals surface area (Å²) in [7, 11) is 2.04. The van der Waals surface area contributed by atoms with Crippen LogP contribution in [0.3, 0.4) is 0 Å². The van der Waals surface area contributed by atoms with Crippen LogP contribution in [-0.4, -0.2) is 25.6 Å². The molecule has 1 unspecified atom stereocenters. The van der Waals surface area contributed by atoms with Gasteiger partial charge in [0.1, 0.15) is 0 Å². The van der Waals surface area contributed by atoms with E-state index in [1.165, 1.54) is 29.7 Å². The van der Waals surface area contributed by atoms with Gasteiger partial charge < -0.3 is 5.32 Å². The van der Waals surface area contributed by atoms with E-state index in [-0.39, 0.29) is 0 Å². The Bertz CT molecular complexity index is 281. The second-order valence-electron chi connectivity index (χ2n) is 4.39. The molecule has 1 N–H and O–H groups in total. The van der Waals surface area contributed by atoms with Gasteiger partial charge in [0.05, 0.1) is 0 Å². The number of rotatable bonds is 7. The van der Waals surface area contributed by atoms with Gasteiger partial charge in [0.2, 0.25) is 0 Å². The van der Waals surface area contributed by atoms with Gasteiger partial charge in [-0.05, 0) is 56.8 Å². The number of nitrogens with one attached hydrogen (secondary N) is 1. The molecule has 16 heavy (non-hydrogen) atoms. The lowest BCUT2D eigenvalue weighted by molar-refractivity contribution is 0.485. The minimum absolute atomic E-state index is 0.764. The second kappa shape index (κ2) is 7.75. The molecule has 0 aliphatic carbocycles. The van der Waals surface area contributed by atoms with E-state index >= 15 is 0 Å². The zero-order chi connectivity index (χ0) is 11.8. The van der Waals surface area contributed by atoms with Crippen molar-refractivity contribution in [1.29, 1.82) is 0 Å². The molecule has 0 aliphatic rings. The summed E-state index contributed by atoms with van der Waals surface area (Å²) in [4.78, 5) is 0. The summed E-state index contributed by atoms with van der Waals surface area (Å²) < 4.78 is 0. The van der Waals surface area contributed by atoms with E-state index in [1.807, 2.05) is 18.8 Å². The number of thioether (sulfide) groups is 1. The van der Waals surface area contributed by atoms with Crippen LogP contribution in [0, 0.1) is 12.8 Å². The molecular formula is C14H23NS. The third-order valence-electron chi connectivity index (χ3n) is 2.87. The molecule has 0 saturated heterocycles. The second-order valence-corrected chi connectivity index (χ2v) is 5.38. The predicted octanol–water partition coefficient (Wildman–Crippen LogP) is 3.13. The Hall–Kier alpha value is -0.470. The average molecular weight is 237 g/mol. The molecule has 1 nitrogen and oxygen atoms in total. The van der Waals surface area contributed by atoms with Gasteiger partial charge in [-0.1, -0.05) is 29.8 Å². The minimum atomic E-state index is 0.764. The van der Waals surface area contributed by atoms with E-state index in [4.69, 9.17) is 0 Å². The van der Waals surface area contributed by atoms with Gasteiger partial charge in [-0.2, -0.15) is 11.8 Å². The molecule has 0 fully saturated rings. The fraction of sp³-hybridized carbons (Fsp3) is 0.571. The summed E-state index contributed by atoms with van der Waals surface area (Å²) in [6.45, 7) is 3.26. The van der Waals surface area contributed by atoms with Crippen molar-refractivity contribution in [3.63, 3.8) is 0 Å². The minimum Gasteiger partial charge on any atom is -0.319 e. The first kappa shape index (κ1) is 13.6. The first-order valence-electron chi connectivity index (χ1n) is 5.95. The standard InChI is InChI=1S/C14H23NS/c1-12-4-6-13(7-5-12)10-14(11-15-2)8-9-16-3/h4-7,14-15H,8-11H2,1-3H3. The zero-order valence-electron chi connectivity index (χ0n) is 10.6. The molecule has 90 valence electrons. The quantitative estimate of drug-likeness (QED) is 0.782. The maximum absolute atomic E-state index is 3.30. The Balaban J connectivity index is 2.49. The predicted molar refractivity (Wildman–Crippen MR) is 75.3 cm³/mol. The summed E-state index contributed by atoms with van der Waals surface area (Å²) >= 11 is 1.94. The first-order chi connectivity index (χ1) is 7.76. The SMILES string of the molecule is CNCC(CCSC)Cc1ccc(C)cc1. The molecule has 0 saturated carbocycles. The molecule has 0 aliphatic heterocycles. The fourth-order valence-electron chi connectivity index (χ4n) is 1.91. The molecule has 0 spiro atoms. The molecule has 0 heterocycles. The third kappa shape index (κ3) is 5.04. The van der Waals surface area contributed by atoms with Crippen LogP contribution in [0.15, 0.2) is 24.3 Å². The van der Waals surface area contributed by atoms with Crippen LogP contribution in [0.5, 0.6) is 0 Å². The topological polar surface area (TPSA) is 12.0 Å². The number of benzene rings is 1. The zero-order valence-corrected chi connectivity index (χ0v) is 11.4. The summed E-state index contributed by atoms with van der Waals surface area (Å²) in [6, 6.07) is 8.94. The maximum Gasteiger partial charge on any atom is -0.00200 e. The molecule has 1 aromatic carbocycles. The molecule has 1 aromatic rings. The van der Waals surface area contributed by atoms with E-state index in [0.29, 0.717) is 0 Å². The highest BCUT2D eigenvalue weighted by Gasteiger charge is 2.08. The van der Waals surface area contributed by atoms with Crippen LogP contribution in [0.4, 0.5) is 0 Å². The highest BCUT2D eigenvalue weighted by atomic mass is 32.2. The summed E-state index contributed by atoms with van der Waals surface area (Å²) in [5.41, 5.74) is 2.81. The van der Waals surface area contributed by atoms with Crippen LogP contribution in [-0.2, 0) is 6.42 Å². The fourth-order valence-corrected chi connectivity index (χ4v) is 2.48. The van der Waals surface area contributed by atoms with Crippen LogP contribution in [0.1, 0.15) is 17.5 Å². The largest absolute Gasteiger partial charge is 0.319 e. The van der Waals surface area contributed by atoms with Crippen molar-refractivity contribution in [2.45, 2.75) is 19.8 Å². The Morgan fingerprint density at radius 3 is 2.50 bits per heavy atom. The molecule has 0 bridgehead atoms. The van der Waals surface area contributed by atoms with Crippen molar-refractivity contribution < 1.29 is 0 Å². The highest BCUT2D eigenvalue weighted by molar-refractivity contribution is 7.98. The molecule has 0 radical (unpaired) electrons. The van der Waals surface area contributed by atoms with Gasteiger partial charge in [0.25, 0.3) is 0 Å². The Labute approximate surface area is 104 Å². The molecule has 2 heteroatoms. The molecule has 1 atom stereocenters. The first-order valence-corrected chi connectivity index (χ1v) is 7.34. The summed E-state index contributed by atoms with van der Waals surface area (Å²) in [5, 5.41) is 3.30. The van der Waals surface area contributed by atoms with Gasteiger partial charge >= 0.3 is 0 Å². The average Bonchev–Trinajstić information content (AvgIpc) is 2.29. The lowest BCUT2D eigenvalue weighted by Gasteiger charge is -2.16. The van der Waals surface area contributed by atoms with Crippen molar-refractivity contribution in [3.05, 3.63) is 35.4 Å². The monoisotopic (exact) mass is 237 g/mol. The van der Waals surface area contributed by atoms with Crippen LogP contribution < -0.4 is 5.32 Å². The van der Waals surface area contributed by atoms with Gasteiger partial charge in [0, 0.05) is 0 Å². The summed E-state index contributed by atoms with van der Waals surface area (Å²) in [5.74, 6) is 2.03.